The summed E-state index contributed by atoms with van der Waals surface area (Å²) < 4.78 is 0.877. The van der Waals surface area contributed by atoms with E-state index in [0.717, 1.165) is 15.7 Å². The molecule has 84 valence electrons. The van der Waals surface area contributed by atoms with Gasteiger partial charge in [-0.15, -0.1) is 0 Å². The molecule has 0 aromatic heterocycles. The molecule has 1 aliphatic rings. The maximum Gasteiger partial charge on any atom is 0.244 e. The predicted octanol–water partition coefficient (Wildman–Crippen LogP) is 2.27. The number of carbonyl (C=O) groups is 2. The van der Waals surface area contributed by atoms with E-state index in [-0.39, 0.29) is 11.7 Å². The van der Waals surface area contributed by atoms with Crippen molar-refractivity contribution in [1.82, 2.24) is 0 Å². The van der Waals surface area contributed by atoms with Gasteiger partial charge in [0, 0.05) is 17.2 Å². The molecule has 1 aliphatic heterocycles. The highest BCUT2D eigenvalue weighted by atomic mass is 79.9. The zero-order valence-electron chi connectivity index (χ0n) is 9.37. The summed E-state index contributed by atoms with van der Waals surface area (Å²) in [5.41, 5.74) is 0.557. The van der Waals surface area contributed by atoms with Crippen molar-refractivity contribution in [3.8, 4) is 0 Å². The van der Waals surface area contributed by atoms with Crippen LogP contribution in [0.3, 0.4) is 0 Å². The third-order valence-corrected chi connectivity index (χ3v) is 3.79. The number of nitrogens with zero attached hydrogens (tertiary/aromatic N) is 1. The molecule has 1 aromatic rings. The van der Waals surface area contributed by atoms with E-state index in [1.807, 2.05) is 18.2 Å². The maximum atomic E-state index is 12.1. The molecule has 1 atom stereocenters. The largest absolute Gasteiger partial charge is 0.314 e. The topological polar surface area (TPSA) is 37.4 Å². The summed E-state index contributed by atoms with van der Waals surface area (Å²) in [4.78, 5) is 25.4. The Morgan fingerprint density at radius 3 is 2.62 bits per heavy atom. The van der Waals surface area contributed by atoms with Gasteiger partial charge in [0.25, 0.3) is 0 Å². The zero-order chi connectivity index (χ0) is 12.1. The van der Waals surface area contributed by atoms with Gasteiger partial charge in [0.05, 0.1) is 0 Å². The second kappa shape index (κ2) is 3.42. The lowest BCUT2D eigenvalue weighted by Gasteiger charge is -2.19. The van der Waals surface area contributed by atoms with Crippen molar-refractivity contribution in [1.29, 1.82) is 0 Å². The second-order valence-electron chi connectivity index (χ2n) is 4.21. The molecule has 0 spiro atoms. The summed E-state index contributed by atoms with van der Waals surface area (Å²) >= 11 is 3.36. The van der Waals surface area contributed by atoms with Gasteiger partial charge in [-0.2, -0.15) is 0 Å². The van der Waals surface area contributed by atoms with Crippen LogP contribution in [-0.4, -0.2) is 18.7 Å². The van der Waals surface area contributed by atoms with E-state index in [1.54, 1.807) is 18.9 Å². The van der Waals surface area contributed by atoms with Crippen molar-refractivity contribution in [2.75, 3.05) is 11.9 Å². The van der Waals surface area contributed by atoms with Gasteiger partial charge in [-0.1, -0.05) is 15.9 Å². The summed E-state index contributed by atoms with van der Waals surface area (Å²) in [6, 6.07) is 5.57. The molecule has 1 unspecified atom stereocenters. The summed E-state index contributed by atoms with van der Waals surface area (Å²) in [6.07, 6.45) is 0. The van der Waals surface area contributed by atoms with Crippen LogP contribution in [0, 0.1) is 0 Å². The normalized spacial score (nSPS) is 23.5. The first-order chi connectivity index (χ1) is 7.39. The Bertz CT molecular complexity index is 498. The zero-order valence-corrected chi connectivity index (χ0v) is 11.0. The molecule has 0 fully saturated rings. The molecule has 0 radical (unpaired) electrons. The molecule has 4 heteroatoms. The molecule has 3 nitrogen and oxygen atoms in total. The predicted molar refractivity (Wildman–Crippen MR) is 65.6 cm³/mol. The molecule has 16 heavy (non-hydrogen) atoms. The fraction of sp³-hybridized carbons (Fsp3) is 0.333. The molecule has 0 aliphatic carbocycles. The van der Waals surface area contributed by atoms with Crippen molar-refractivity contribution >= 4 is 33.3 Å². The standard InChI is InChI=1S/C12H12BrNO2/c1-7(15)12(2)9-6-8(13)4-5-10(9)14(3)11(12)16/h4-6H,1-3H3. The van der Waals surface area contributed by atoms with Gasteiger partial charge in [-0.25, -0.2) is 0 Å². The molecule has 0 bridgehead atoms. The Labute approximate surface area is 103 Å². The Kier molecular flexibility index (Phi) is 2.42. The number of hydrogen-bond donors (Lipinski definition) is 0. The van der Waals surface area contributed by atoms with Gasteiger partial charge in [-0.05, 0) is 37.6 Å². The fourth-order valence-electron chi connectivity index (χ4n) is 2.10. The van der Waals surface area contributed by atoms with Crippen LogP contribution in [-0.2, 0) is 15.0 Å². The highest BCUT2D eigenvalue weighted by molar-refractivity contribution is 9.10. The van der Waals surface area contributed by atoms with Gasteiger partial charge in [-0.3, -0.25) is 9.59 Å². The number of ketones is 1. The lowest BCUT2D eigenvalue weighted by molar-refractivity contribution is -0.132. The molecular formula is C12H12BrNO2. The number of likely N-dealkylation sites (N-methyl/N-ethyl adjacent to an activating group) is 1. The monoisotopic (exact) mass is 281 g/mol. The fourth-order valence-corrected chi connectivity index (χ4v) is 2.46. The lowest BCUT2D eigenvalue weighted by Crippen LogP contribution is -2.41. The Morgan fingerprint density at radius 2 is 2.06 bits per heavy atom. The van der Waals surface area contributed by atoms with Crippen LogP contribution in [0.1, 0.15) is 19.4 Å². The first kappa shape index (κ1) is 11.3. The second-order valence-corrected chi connectivity index (χ2v) is 5.12. The Hall–Kier alpha value is -1.16. The quantitative estimate of drug-likeness (QED) is 0.741. The number of anilines is 1. The van der Waals surface area contributed by atoms with Crippen LogP contribution >= 0.6 is 15.9 Å². The minimum absolute atomic E-state index is 0.124. The van der Waals surface area contributed by atoms with E-state index in [0.29, 0.717) is 0 Å². The molecule has 1 heterocycles. The van der Waals surface area contributed by atoms with Gasteiger partial charge in [0.15, 0.2) is 0 Å². The third kappa shape index (κ3) is 1.26. The van der Waals surface area contributed by atoms with Gasteiger partial charge < -0.3 is 4.90 Å². The number of halogens is 1. The Balaban J connectivity index is 2.74. The van der Waals surface area contributed by atoms with E-state index in [1.165, 1.54) is 6.92 Å². The number of hydrogen-bond acceptors (Lipinski definition) is 2. The number of carbonyl (C=O) groups excluding carboxylic acids is 2. The average Bonchev–Trinajstić information content (AvgIpc) is 2.42. The van der Waals surface area contributed by atoms with Crippen LogP contribution in [0.5, 0.6) is 0 Å². The molecular weight excluding hydrogens is 270 g/mol. The molecule has 0 saturated heterocycles. The van der Waals surface area contributed by atoms with Crippen LogP contribution in [0.25, 0.3) is 0 Å². The van der Waals surface area contributed by atoms with Gasteiger partial charge in [0.2, 0.25) is 5.91 Å². The number of benzene rings is 1. The highest BCUT2D eigenvalue weighted by Gasteiger charge is 2.49. The minimum atomic E-state index is -1.03. The number of amides is 1. The van der Waals surface area contributed by atoms with Crippen molar-refractivity contribution < 1.29 is 9.59 Å². The number of fused-ring (bicyclic) bond motifs is 1. The Morgan fingerprint density at radius 1 is 1.44 bits per heavy atom. The van der Waals surface area contributed by atoms with E-state index in [2.05, 4.69) is 15.9 Å². The third-order valence-electron chi connectivity index (χ3n) is 3.30. The van der Waals surface area contributed by atoms with Gasteiger partial charge in [0.1, 0.15) is 11.2 Å². The van der Waals surface area contributed by atoms with Crippen molar-refractivity contribution in [2.45, 2.75) is 19.3 Å². The SMILES string of the molecule is CC(=O)C1(C)C(=O)N(C)c2ccc(Br)cc21. The van der Waals surface area contributed by atoms with Crippen LogP contribution in [0.2, 0.25) is 0 Å². The lowest BCUT2D eigenvalue weighted by atomic mass is 9.80. The molecule has 1 aromatic carbocycles. The first-order valence-corrected chi connectivity index (χ1v) is 5.77. The van der Waals surface area contributed by atoms with Gasteiger partial charge >= 0.3 is 0 Å². The van der Waals surface area contributed by atoms with Crippen LogP contribution < -0.4 is 4.90 Å². The summed E-state index contributed by atoms with van der Waals surface area (Å²) in [7, 11) is 1.70. The van der Waals surface area contributed by atoms with Crippen molar-refractivity contribution in [3.63, 3.8) is 0 Å². The molecule has 1 amide bonds. The molecule has 2 rings (SSSR count). The summed E-state index contributed by atoms with van der Waals surface area (Å²) in [6.45, 7) is 3.15. The van der Waals surface area contributed by atoms with E-state index >= 15 is 0 Å². The van der Waals surface area contributed by atoms with Crippen molar-refractivity contribution in [2.24, 2.45) is 0 Å². The molecule has 0 saturated carbocycles. The summed E-state index contributed by atoms with van der Waals surface area (Å²) in [5.74, 6) is -0.283. The van der Waals surface area contributed by atoms with E-state index in [4.69, 9.17) is 0 Å². The van der Waals surface area contributed by atoms with Crippen LogP contribution in [0.15, 0.2) is 22.7 Å². The minimum Gasteiger partial charge on any atom is -0.314 e. The van der Waals surface area contributed by atoms with Crippen molar-refractivity contribution in [3.05, 3.63) is 28.2 Å². The van der Waals surface area contributed by atoms with E-state index < -0.39 is 5.41 Å². The average molecular weight is 282 g/mol. The number of Topliss-reactive ketones (excluding diaryl/α,β-unsaturated/α-hetero) is 1. The smallest absolute Gasteiger partial charge is 0.244 e. The van der Waals surface area contributed by atoms with Crippen LogP contribution in [0.4, 0.5) is 5.69 Å². The molecule has 0 N–H and O–H groups in total. The number of rotatable bonds is 1. The first-order valence-electron chi connectivity index (χ1n) is 4.98. The summed E-state index contributed by atoms with van der Waals surface area (Å²) in [5, 5.41) is 0. The highest BCUT2D eigenvalue weighted by Crippen LogP contribution is 2.42. The maximum absolute atomic E-state index is 12.1. The van der Waals surface area contributed by atoms with E-state index in [9.17, 15) is 9.59 Å².